The van der Waals surface area contributed by atoms with Crippen molar-refractivity contribution in [3.05, 3.63) is 80.0 Å². The summed E-state index contributed by atoms with van der Waals surface area (Å²) >= 11 is 0. The van der Waals surface area contributed by atoms with Crippen LogP contribution in [0.1, 0.15) is 41.7 Å². The molecule has 8 nitrogen and oxygen atoms in total. The minimum atomic E-state index is -1.60. The molecule has 178 valence electrons. The number of rotatable bonds is 4. The normalized spacial score (nSPS) is 20.4. The van der Waals surface area contributed by atoms with E-state index in [0.29, 0.717) is 37.6 Å². The number of aromatic amines is 1. The summed E-state index contributed by atoms with van der Waals surface area (Å²) in [6.45, 7) is 2.75. The van der Waals surface area contributed by atoms with Crippen LogP contribution in [0.25, 0.3) is 0 Å². The molecule has 1 saturated heterocycles. The van der Waals surface area contributed by atoms with E-state index in [-0.39, 0.29) is 29.4 Å². The standard InChI is InChI=1S/C24H24F2N4O4/c1-13-2-3-16(12-27-13)34-15-4-5-19(25)17(10-15)21-20(26)11-18-22(28-21)29-24(32)30(23(18)31)14-6-8-33-9-7-14/h2-5,10,12,14,20-21,28H,6-9,11H2,1H3,(H,29,32)/t20-,21-/m0/s1. The smallest absolute Gasteiger partial charge is 0.330 e. The number of hydrogen-bond acceptors (Lipinski definition) is 6. The lowest BCUT2D eigenvalue weighted by Gasteiger charge is -2.31. The molecular formula is C24H24F2N4O4. The number of nitrogens with zero attached hydrogens (tertiary/aromatic N) is 2. The van der Waals surface area contributed by atoms with Crippen LogP contribution in [-0.4, -0.2) is 33.9 Å². The monoisotopic (exact) mass is 470 g/mol. The third kappa shape index (κ3) is 4.21. The predicted octanol–water partition coefficient (Wildman–Crippen LogP) is 3.57. The SMILES string of the molecule is Cc1ccc(Oc2ccc(F)c([C@@H]3Nc4[nH]c(=O)n(C5CCOCC5)c(=O)c4C[C@@H]3F)c2)cn1. The van der Waals surface area contributed by atoms with E-state index in [4.69, 9.17) is 9.47 Å². The molecule has 1 fully saturated rings. The number of H-pyrrole nitrogens is 1. The molecule has 2 aliphatic heterocycles. The third-order valence-corrected chi connectivity index (χ3v) is 6.27. The Morgan fingerprint density at radius 2 is 1.91 bits per heavy atom. The van der Waals surface area contributed by atoms with Crippen LogP contribution < -0.4 is 21.3 Å². The first-order valence-electron chi connectivity index (χ1n) is 11.2. The summed E-state index contributed by atoms with van der Waals surface area (Å²) in [4.78, 5) is 32.6. The number of pyridine rings is 1. The fraction of sp³-hybridized carbons (Fsp3) is 0.375. The van der Waals surface area contributed by atoms with Gasteiger partial charge >= 0.3 is 5.69 Å². The Bertz CT molecular complexity index is 1320. The minimum Gasteiger partial charge on any atom is -0.456 e. The summed E-state index contributed by atoms with van der Waals surface area (Å²) in [5.41, 5.74) is -0.103. The zero-order valence-corrected chi connectivity index (χ0v) is 18.5. The van der Waals surface area contributed by atoms with Gasteiger partial charge in [-0.3, -0.25) is 19.3 Å². The number of nitrogens with one attached hydrogen (secondary N) is 2. The van der Waals surface area contributed by atoms with Gasteiger partial charge in [-0.15, -0.1) is 0 Å². The highest BCUT2D eigenvalue weighted by Crippen LogP contribution is 2.35. The molecule has 0 aliphatic carbocycles. The number of hydrogen-bond donors (Lipinski definition) is 2. The number of aryl methyl sites for hydroxylation is 1. The number of fused-ring (bicyclic) bond motifs is 1. The summed E-state index contributed by atoms with van der Waals surface area (Å²) in [5, 5.41) is 2.84. The summed E-state index contributed by atoms with van der Waals surface area (Å²) in [6, 6.07) is 6.15. The molecule has 0 bridgehead atoms. The molecule has 4 heterocycles. The van der Waals surface area contributed by atoms with E-state index in [9.17, 15) is 14.0 Å². The highest BCUT2D eigenvalue weighted by atomic mass is 19.1. The first kappa shape index (κ1) is 22.3. The summed E-state index contributed by atoms with van der Waals surface area (Å²) in [5.74, 6) is 0.256. The van der Waals surface area contributed by atoms with Crippen LogP contribution in [-0.2, 0) is 11.2 Å². The van der Waals surface area contributed by atoms with Gasteiger partial charge in [0.1, 0.15) is 29.3 Å². The maximum atomic E-state index is 15.3. The molecule has 0 radical (unpaired) electrons. The van der Waals surface area contributed by atoms with Crippen molar-refractivity contribution >= 4 is 5.82 Å². The zero-order chi connectivity index (χ0) is 23.8. The Morgan fingerprint density at radius 3 is 2.65 bits per heavy atom. The molecule has 0 spiro atoms. The number of ether oxygens (including phenoxy) is 2. The molecule has 0 amide bonds. The molecule has 2 aromatic heterocycles. The van der Waals surface area contributed by atoms with E-state index in [2.05, 4.69) is 15.3 Å². The Hall–Kier alpha value is -3.53. The van der Waals surface area contributed by atoms with E-state index >= 15 is 4.39 Å². The molecule has 1 aromatic carbocycles. The zero-order valence-electron chi connectivity index (χ0n) is 18.5. The largest absolute Gasteiger partial charge is 0.456 e. The van der Waals surface area contributed by atoms with E-state index < -0.39 is 29.3 Å². The molecule has 2 atom stereocenters. The fourth-order valence-corrected chi connectivity index (χ4v) is 4.48. The Balaban J connectivity index is 1.45. The van der Waals surface area contributed by atoms with Gasteiger partial charge in [0.05, 0.1) is 17.8 Å². The van der Waals surface area contributed by atoms with Crippen LogP contribution in [0, 0.1) is 12.7 Å². The number of benzene rings is 1. The topological polar surface area (TPSA) is 98.2 Å². The van der Waals surface area contributed by atoms with E-state index in [1.165, 1.54) is 18.2 Å². The summed E-state index contributed by atoms with van der Waals surface area (Å²) in [7, 11) is 0. The highest BCUT2D eigenvalue weighted by Gasteiger charge is 2.35. The Morgan fingerprint density at radius 1 is 1.15 bits per heavy atom. The highest BCUT2D eigenvalue weighted by molar-refractivity contribution is 5.50. The number of alkyl halides is 1. The van der Waals surface area contributed by atoms with Crippen LogP contribution in [0.4, 0.5) is 14.6 Å². The van der Waals surface area contributed by atoms with Crippen LogP contribution in [0.15, 0.2) is 46.1 Å². The van der Waals surface area contributed by atoms with E-state index in [1.54, 1.807) is 18.3 Å². The lowest BCUT2D eigenvalue weighted by Crippen LogP contribution is -2.45. The molecule has 34 heavy (non-hydrogen) atoms. The van der Waals surface area contributed by atoms with Gasteiger partial charge in [-0.25, -0.2) is 13.6 Å². The summed E-state index contributed by atoms with van der Waals surface area (Å²) < 4.78 is 42.3. The van der Waals surface area contributed by atoms with Gasteiger partial charge in [-0.1, -0.05) is 0 Å². The number of aromatic nitrogens is 3. The molecule has 0 unspecified atom stereocenters. The van der Waals surface area contributed by atoms with Gasteiger partial charge in [0.25, 0.3) is 5.56 Å². The van der Waals surface area contributed by atoms with Crippen molar-refractivity contribution in [1.29, 1.82) is 0 Å². The van der Waals surface area contributed by atoms with Crippen LogP contribution in [0.5, 0.6) is 11.5 Å². The van der Waals surface area contributed by atoms with Crippen molar-refractivity contribution in [3.63, 3.8) is 0 Å². The maximum Gasteiger partial charge on any atom is 0.330 e. The quantitative estimate of drug-likeness (QED) is 0.605. The molecular weight excluding hydrogens is 446 g/mol. The molecule has 0 saturated carbocycles. The minimum absolute atomic E-state index is 0.0326. The number of halogens is 2. The van der Waals surface area contributed by atoms with Crippen molar-refractivity contribution in [2.24, 2.45) is 0 Å². The van der Waals surface area contributed by atoms with E-state index in [1.807, 2.05) is 6.92 Å². The first-order valence-corrected chi connectivity index (χ1v) is 11.2. The van der Waals surface area contributed by atoms with Gasteiger partial charge < -0.3 is 14.8 Å². The molecule has 2 N–H and O–H groups in total. The molecule has 10 heteroatoms. The van der Waals surface area contributed by atoms with Gasteiger partial charge in [-0.2, -0.15) is 0 Å². The van der Waals surface area contributed by atoms with Gasteiger partial charge in [0, 0.05) is 36.9 Å². The van der Waals surface area contributed by atoms with E-state index in [0.717, 1.165) is 10.3 Å². The second-order valence-corrected chi connectivity index (χ2v) is 8.57. The number of anilines is 1. The average Bonchev–Trinajstić information content (AvgIpc) is 2.83. The van der Waals surface area contributed by atoms with Crippen molar-refractivity contribution in [2.45, 2.75) is 44.4 Å². The van der Waals surface area contributed by atoms with Gasteiger partial charge in [0.15, 0.2) is 0 Å². The predicted molar refractivity (Wildman–Crippen MR) is 121 cm³/mol. The van der Waals surface area contributed by atoms with Crippen molar-refractivity contribution in [1.82, 2.24) is 14.5 Å². The molecule has 5 rings (SSSR count). The maximum absolute atomic E-state index is 15.3. The Kier molecular flexibility index (Phi) is 5.91. The van der Waals surface area contributed by atoms with Crippen LogP contribution in [0.2, 0.25) is 0 Å². The average molecular weight is 470 g/mol. The Labute approximate surface area is 193 Å². The molecule has 3 aromatic rings. The second-order valence-electron chi connectivity index (χ2n) is 8.57. The lowest BCUT2D eigenvalue weighted by atomic mass is 9.93. The van der Waals surface area contributed by atoms with Crippen molar-refractivity contribution in [3.8, 4) is 11.5 Å². The first-order chi connectivity index (χ1) is 16.4. The van der Waals surface area contributed by atoms with Crippen LogP contribution in [0.3, 0.4) is 0 Å². The van der Waals surface area contributed by atoms with Crippen molar-refractivity contribution in [2.75, 3.05) is 18.5 Å². The fourth-order valence-electron chi connectivity index (χ4n) is 4.48. The van der Waals surface area contributed by atoms with Gasteiger partial charge in [-0.05, 0) is 50.1 Å². The van der Waals surface area contributed by atoms with Crippen molar-refractivity contribution < 1.29 is 18.3 Å². The van der Waals surface area contributed by atoms with Gasteiger partial charge in [0.2, 0.25) is 0 Å². The third-order valence-electron chi connectivity index (χ3n) is 6.27. The second kappa shape index (κ2) is 9.02. The van der Waals surface area contributed by atoms with Crippen LogP contribution >= 0.6 is 0 Å². The summed E-state index contributed by atoms with van der Waals surface area (Å²) in [6.07, 6.45) is 0.759. The lowest BCUT2D eigenvalue weighted by molar-refractivity contribution is 0.0673. The molecule has 2 aliphatic rings.